The molecule has 0 aliphatic rings. The number of likely N-dealkylation sites (N-methyl/N-ethyl adjacent to an activating group) is 1. The lowest BCUT2D eigenvalue weighted by Crippen LogP contribution is -2.41. The maximum absolute atomic E-state index is 11.7. The molecule has 0 aromatic heterocycles. The van der Waals surface area contributed by atoms with Gasteiger partial charge in [-0.05, 0) is 32.9 Å². The van der Waals surface area contributed by atoms with Gasteiger partial charge < -0.3 is 15.5 Å². The average molecular weight is 263 g/mol. The molecule has 19 heavy (non-hydrogen) atoms. The van der Waals surface area contributed by atoms with E-state index >= 15 is 0 Å². The van der Waals surface area contributed by atoms with Gasteiger partial charge in [0, 0.05) is 18.8 Å². The van der Waals surface area contributed by atoms with Crippen molar-refractivity contribution in [2.75, 3.05) is 25.0 Å². The molecule has 3 amide bonds. The van der Waals surface area contributed by atoms with Gasteiger partial charge in [-0.15, -0.1) is 0 Å². The molecule has 0 unspecified atom stereocenters. The molecule has 0 heterocycles. The first-order chi connectivity index (χ1) is 9.06. The van der Waals surface area contributed by atoms with Crippen molar-refractivity contribution in [1.29, 1.82) is 0 Å². The standard InChI is InChI=1S/C14H21N3O2/c1-4-17(5-2)13(18)10-15-14(19)16-12-8-6-11(3)7-9-12/h6-9H,4-5,10H2,1-3H3,(H2,15,16,19). The number of hydrogen-bond donors (Lipinski definition) is 2. The van der Waals surface area contributed by atoms with E-state index in [2.05, 4.69) is 10.6 Å². The molecule has 1 rings (SSSR count). The number of anilines is 1. The van der Waals surface area contributed by atoms with Crippen LogP contribution in [0.1, 0.15) is 19.4 Å². The van der Waals surface area contributed by atoms with Crippen LogP contribution < -0.4 is 10.6 Å². The van der Waals surface area contributed by atoms with Crippen LogP contribution in [-0.2, 0) is 4.79 Å². The van der Waals surface area contributed by atoms with Crippen LogP contribution in [0.3, 0.4) is 0 Å². The van der Waals surface area contributed by atoms with Gasteiger partial charge in [0.2, 0.25) is 5.91 Å². The lowest BCUT2D eigenvalue weighted by molar-refractivity contribution is -0.129. The highest BCUT2D eigenvalue weighted by molar-refractivity contribution is 5.92. The third-order valence-electron chi connectivity index (χ3n) is 2.83. The van der Waals surface area contributed by atoms with Crippen LogP contribution in [-0.4, -0.2) is 36.5 Å². The van der Waals surface area contributed by atoms with E-state index in [0.717, 1.165) is 5.56 Å². The van der Waals surface area contributed by atoms with E-state index in [1.165, 1.54) is 0 Å². The summed E-state index contributed by atoms with van der Waals surface area (Å²) >= 11 is 0. The minimum absolute atomic E-state index is 0.0133. The maximum Gasteiger partial charge on any atom is 0.319 e. The Morgan fingerprint density at radius 2 is 1.68 bits per heavy atom. The van der Waals surface area contributed by atoms with Crippen LogP contribution in [0.2, 0.25) is 0 Å². The summed E-state index contributed by atoms with van der Waals surface area (Å²) in [4.78, 5) is 25.0. The lowest BCUT2D eigenvalue weighted by atomic mass is 10.2. The zero-order valence-electron chi connectivity index (χ0n) is 11.7. The summed E-state index contributed by atoms with van der Waals surface area (Å²) in [6, 6.07) is 7.10. The van der Waals surface area contributed by atoms with Gasteiger partial charge in [-0.25, -0.2) is 4.79 Å². The van der Waals surface area contributed by atoms with Crippen molar-refractivity contribution in [3.05, 3.63) is 29.8 Å². The summed E-state index contributed by atoms with van der Waals surface area (Å²) in [5.41, 5.74) is 1.83. The van der Waals surface area contributed by atoms with Crippen molar-refractivity contribution in [3.63, 3.8) is 0 Å². The molecule has 1 aromatic carbocycles. The van der Waals surface area contributed by atoms with E-state index in [1.54, 1.807) is 4.90 Å². The lowest BCUT2D eigenvalue weighted by Gasteiger charge is -2.18. The Kier molecular flexibility index (Phi) is 5.85. The van der Waals surface area contributed by atoms with Crippen LogP contribution in [0.15, 0.2) is 24.3 Å². The van der Waals surface area contributed by atoms with E-state index in [0.29, 0.717) is 18.8 Å². The summed E-state index contributed by atoms with van der Waals surface area (Å²) < 4.78 is 0. The second-order valence-corrected chi connectivity index (χ2v) is 4.24. The summed E-state index contributed by atoms with van der Waals surface area (Å²) in [7, 11) is 0. The molecular formula is C14H21N3O2. The molecule has 104 valence electrons. The molecule has 0 saturated heterocycles. The van der Waals surface area contributed by atoms with Crippen LogP contribution >= 0.6 is 0 Å². The molecule has 1 aromatic rings. The van der Waals surface area contributed by atoms with Gasteiger partial charge >= 0.3 is 6.03 Å². The van der Waals surface area contributed by atoms with Crippen LogP contribution in [0.4, 0.5) is 10.5 Å². The van der Waals surface area contributed by atoms with Crippen molar-refractivity contribution >= 4 is 17.6 Å². The predicted molar refractivity (Wildman–Crippen MR) is 76.1 cm³/mol. The number of aryl methyl sites for hydroxylation is 1. The first-order valence-corrected chi connectivity index (χ1v) is 6.46. The van der Waals surface area contributed by atoms with Crippen molar-refractivity contribution in [1.82, 2.24) is 10.2 Å². The Hall–Kier alpha value is -2.04. The van der Waals surface area contributed by atoms with Crippen LogP contribution in [0.5, 0.6) is 0 Å². The second kappa shape index (κ2) is 7.41. The molecule has 2 N–H and O–H groups in total. The average Bonchev–Trinajstić information content (AvgIpc) is 2.40. The Morgan fingerprint density at radius 1 is 1.11 bits per heavy atom. The molecule has 0 fully saturated rings. The number of benzene rings is 1. The Balaban J connectivity index is 2.39. The van der Waals surface area contributed by atoms with E-state index < -0.39 is 0 Å². The van der Waals surface area contributed by atoms with Crippen molar-refractivity contribution in [2.24, 2.45) is 0 Å². The van der Waals surface area contributed by atoms with Gasteiger partial charge in [-0.1, -0.05) is 17.7 Å². The predicted octanol–water partition coefficient (Wildman–Crippen LogP) is 1.98. The summed E-state index contributed by atoms with van der Waals surface area (Å²) in [6.45, 7) is 7.11. The second-order valence-electron chi connectivity index (χ2n) is 4.24. The third-order valence-corrected chi connectivity index (χ3v) is 2.83. The number of nitrogens with one attached hydrogen (secondary N) is 2. The van der Waals surface area contributed by atoms with Gasteiger partial charge in [-0.3, -0.25) is 4.79 Å². The van der Waals surface area contributed by atoms with Gasteiger partial charge in [0.25, 0.3) is 0 Å². The van der Waals surface area contributed by atoms with Gasteiger partial charge in [0.05, 0.1) is 6.54 Å². The smallest absolute Gasteiger partial charge is 0.319 e. The number of hydrogen-bond acceptors (Lipinski definition) is 2. The van der Waals surface area contributed by atoms with Crippen molar-refractivity contribution in [3.8, 4) is 0 Å². The van der Waals surface area contributed by atoms with E-state index in [4.69, 9.17) is 0 Å². The SMILES string of the molecule is CCN(CC)C(=O)CNC(=O)Nc1ccc(C)cc1. The van der Waals surface area contributed by atoms with E-state index in [-0.39, 0.29) is 18.5 Å². The largest absolute Gasteiger partial charge is 0.342 e. The zero-order chi connectivity index (χ0) is 14.3. The topological polar surface area (TPSA) is 61.4 Å². The summed E-state index contributed by atoms with van der Waals surface area (Å²) in [5, 5.41) is 5.23. The molecule has 5 heteroatoms. The summed E-state index contributed by atoms with van der Waals surface area (Å²) in [5.74, 6) is -0.0796. The molecule has 0 aliphatic carbocycles. The number of carbonyl (C=O) groups excluding carboxylic acids is 2. The van der Waals surface area contributed by atoms with E-state index in [1.807, 2.05) is 45.0 Å². The number of nitrogens with zero attached hydrogens (tertiary/aromatic N) is 1. The number of carbonyl (C=O) groups is 2. The Labute approximate surface area is 114 Å². The normalized spacial score (nSPS) is 9.84. The molecule has 0 saturated carbocycles. The van der Waals surface area contributed by atoms with Crippen LogP contribution in [0, 0.1) is 6.92 Å². The zero-order valence-corrected chi connectivity index (χ0v) is 11.7. The van der Waals surface area contributed by atoms with Gasteiger partial charge in [0.1, 0.15) is 0 Å². The number of rotatable bonds is 5. The van der Waals surface area contributed by atoms with E-state index in [9.17, 15) is 9.59 Å². The minimum atomic E-state index is -0.371. The minimum Gasteiger partial charge on any atom is -0.342 e. The molecule has 0 radical (unpaired) electrons. The maximum atomic E-state index is 11.7. The monoisotopic (exact) mass is 263 g/mol. The molecule has 5 nitrogen and oxygen atoms in total. The van der Waals surface area contributed by atoms with Gasteiger partial charge in [0.15, 0.2) is 0 Å². The van der Waals surface area contributed by atoms with Gasteiger partial charge in [-0.2, -0.15) is 0 Å². The fourth-order valence-corrected chi connectivity index (χ4v) is 1.66. The highest BCUT2D eigenvalue weighted by Gasteiger charge is 2.10. The number of amides is 3. The highest BCUT2D eigenvalue weighted by Crippen LogP contribution is 2.07. The van der Waals surface area contributed by atoms with Crippen molar-refractivity contribution in [2.45, 2.75) is 20.8 Å². The quantitative estimate of drug-likeness (QED) is 0.853. The Morgan fingerprint density at radius 3 is 2.21 bits per heavy atom. The molecule has 0 aliphatic heterocycles. The fourth-order valence-electron chi connectivity index (χ4n) is 1.66. The molecule has 0 spiro atoms. The summed E-state index contributed by atoms with van der Waals surface area (Å²) in [6.07, 6.45) is 0. The van der Waals surface area contributed by atoms with Crippen LogP contribution in [0.25, 0.3) is 0 Å². The molecule has 0 bridgehead atoms. The highest BCUT2D eigenvalue weighted by atomic mass is 16.2. The first-order valence-electron chi connectivity index (χ1n) is 6.46. The fraction of sp³-hybridized carbons (Fsp3) is 0.429. The number of urea groups is 1. The first kappa shape index (κ1) is 15.0. The van der Waals surface area contributed by atoms with Crippen molar-refractivity contribution < 1.29 is 9.59 Å². The molecule has 0 atom stereocenters. The molecular weight excluding hydrogens is 242 g/mol. The third kappa shape index (κ3) is 4.99. The Bertz CT molecular complexity index is 425.